The lowest BCUT2D eigenvalue weighted by Crippen LogP contribution is -2.13. The Morgan fingerprint density at radius 2 is 2.10 bits per heavy atom. The quantitative estimate of drug-likeness (QED) is 0.632. The average Bonchev–Trinajstić information content (AvgIpc) is 2.79. The number of carbonyl (C=O) groups is 1. The van der Waals surface area contributed by atoms with Crippen LogP contribution in [0.1, 0.15) is 12.1 Å². The van der Waals surface area contributed by atoms with Crippen LogP contribution in [0.3, 0.4) is 0 Å². The van der Waals surface area contributed by atoms with E-state index in [0.29, 0.717) is 32.4 Å². The summed E-state index contributed by atoms with van der Waals surface area (Å²) in [5.41, 5.74) is 7.22. The Morgan fingerprint density at radius 1 is 1.43 bits per heavy atom. The molecule has 0 atom stereocenters. The van der Waals surface area contributed by atoms with Crippen LogP contribution in [-0.2, 0) is 4.79 Å². The maximum atomic E-state index is 11.9. The van der Waals surface area contributed by atoms with Crippen LogP contribution >= 0.6 is 35.0 Å². The van der Waals surface area contributed by atoms with Gasteiger partial charge in [-0.2, -0.15) is 0 Å². The molecule has 0 spiro atoms. The minimum atomic E-state index is -0.195. The Labute approximate surface area is 136 Å². The highest BCUT2D eigenvalue weighted by atomic mass is 35.5. The number of nitrogen functional groups attached to an aromatic ring is 1. The van der Waals surface area contributed by atoms with Gasteiger partial charge in [-0.1, -0.05) is 35.0 Å². The largest absolute Gasteiger partial charge is 0.440 e. The number of nitrogens with two attached hydrogens (primary N) is 1. The van der Waals surface area contributed by atoms with Crippen LogP contribution in [0.4, 0.5) is 11.4 Å². The number of aryl methyl sites for hydroxylation is 1. The minimum Gasteiger partial charge on any atom is -0.440 e. The molecule has 2 rings (SSSR count). The average molecular weight is 346 g/mol. The van der Waals surface area contributed by atoms with Gasteiger partial charge < -0.3 is 15.5 Å². The zero-order valence-corrected chi connectivity index (χ0v) is 13.5. The first kappa shape index (κ1) is 16.0. The van der Waals surface area contributed by atoms with Crippen molar-refractivity contribution in [1.82, 2.24) is 4.98 Å². The Bertz CT molecular complexity index is 638. The summed E-state index contributed by atoms with van der Waals surface area (Å²) in [6.07, 6.45) is 1.85. The highest BCUT2D eigenvalue weighted by Gasteiger charge is 2.11. The standard InChI is InChI=1S/C13H13Cl2N3O2S/c1-7-6-20-13(17-7)21-3-2-11(19)18-12-9(14)4-8(16)5-10(12)15/h4-6H,2-3,16H2,1H3,(H,18,19). The Kier molecular flexibility index (Phi) is 5.39. The monoisotopic (exact) mass is 345 g/mol. The molecule has 1 amide bonds. The van der Waals surface area contributed by atoms with Crippen molar-refractivity contribution in [3.63, 3.8) is 0 Å². The second kappa shape index (κ2) is 7.06. The maximum absolute atomic E-state index is 11.9. The van der Waals surface area contributed by atoms with Gasteiger partial charge in [-0.05, 0) is 19.1 Å². The van der Waals surface area contributed by atoms with E-state index >= 15 is 0 Å². The lowest BCUT2D eigenvalue weighted by atomic mass is 10.2. The first-order valence-corrected chi connectivity index (χ1v) is 7.79. The third-order valence-corrected chi connectivity index (χ3v) is 3.92. The van der Waals surface area contributed by atoms with E-state index in [2.05, 4.69) is 10.3 Å². The van der Waals surface area contributed by atoms with Gasteiger partial charge in [-0.15, -0.1) is 0 Å². The molecule has 21 heavy (non-hydrogen) atoms. The fourth-order valence-corrected chi connectivity index (χ4v) is 2.93. The fraction of sp³-hybridized carbons (Fsp3) is 0.231. The van der Waals surface area contributed by atoms with E-state index < -0.39 is 0 Å². The van der Waals surface area contributed by atoms with Crippen molar-refractivity contribution in [3.8, 4) is 0 Å². The van der Waals surface area contributed by atoms with E-state index in [-0.39, 0.29) is 12.3 Å². The number of nitrogens with one attached hydrogen (secondary N) is 1. The normalized spacial score (nSPS) is 10.6. The lowest BCUT2D eigenvalue weighted by Gasteiger charge is -2.09. The molecular weight excluding hydrogens is 333 g/mol. The molecule has 3 N–H and O–H groups in total. The van der Waals surface area contributed by atoms with Gasteiger partial charge >= 0.3 is 0 Å². The Hall–Kier alpha value is -1.37. The van der Waals surface area contributed by atoms with Crippen molar-refractivity contribution >= 4 is 52.2 Å². The van der Waals surface area contributed by atoms with Crippen LogP contribution in [-0.4, -0.2) is 16.6 Å². The summed E-state index contributed by atoms with van der Waals surface area (Å²) >= 11 is 13.4. The van der Waals surface area contributed by atoms with Gasteiger partial charge in [0.15, 0.2) is 0 Å². The van der Waals surface area contributed by atoms with E-state index in [1.54, 1.807) is 6.26 Å². The second-order valence-electron chi connectivity index (χ2n) is 4.26. The second-order valence-corrected chi connectivity index (χ2v) is 6.12. The van der Waals surface area contributed by atoms with E-state index in [9.17, 15) is 4.79 Å². The van der Waals surface area contributed by atoms with Crippen LogP contribution in [0.2, 0.25) is 10.0 Å². The summed E-state index contributed by atoms with van der Waals surface area (Å²) in [7, 11) is 0. The highest BCUT2D eigenvalue weighted by molar-refractivity contribution is 7.99. The van der Waals surface area contributed by atoms with Crippen molar-refractivity contribution < 1.29 is 9.21 Å². The van der Waals surface area contributed by atoms with Crippen molar-refractivity contribution in [2.45, 2.75) is 18.6 Å². The number of benzene rings is 1. The Morgan fingerprint density at radius 3 is 2.67 bits per heavy atom. The van der Waals surface area contributed by atoms with E-state index in [0.717, 1.165) is 5.69 Å². The smallest absolute Gasteiger partial charge is 0.255 e. The van der Waals surface area contributed by atoms with Crippen LogP contribution in [0.25, 0.3) is 0 Å². The minimum absolute atomic E-state index is 0.195. The molecule has 112 valence electrons. The predicted molar refractivity (Wildman–Crippen MR) is 86.1 cm³/mol. The molecular formula is C13H13Cl2N3O2S. The summed E-state index contributed by atoms with van der Waals surface area (Å²) in [5, 5.41) is 3.84. The van der Waals surface area contributed by atoms with Gasteiger partial charge in [-0.3, -0.25) is 4.79 Å². The van der Waals surface area contributed by atoms with Gasteiger partial charge in [-0.25, -0.2) is 4.98 Å². The van der Waals surface area contributed by atoms with Gasteiger partial charge in [0.2, 0.25) is 5.91 Å². The number of anilines is 2. The van der Waals surface area contributed by atoms with Crippen molar-refractivity contribution in [2.75, 3.05) is 16.8 Å². The Balaban J connectivity index is 1.87. The summed E-state index contributed by atoms with van der Waals surface area (Å²) in [6.45, 7) is 1.84. The number of hydrogen-bond acceptors (Lipinski definition) is 5. The number of nitrogens with zero attached hydrogens (tertiary/aromatic N) is 1. The summed E-state index contributed by atoms with van der Waals surface area (Å²) < 4.78 is 5.18. The topological polar surface area (TPSA) is 81.2 Å². The molecule has 1 aromatic carbocycles. The van der Waals surface area contributed by atoms with Crippen LogP contribution in [0.15, 0.2) is 28.0 Å². The third kappa shape index (κ3) is 4.56. The van der Waals surface area contributed by atoms with Crippen molar-refractivity contribution in [3.05, 3.63) is 34.1 Å². The molecule has 1 heterocycles. The number of rotatable bonds is 5. The van der Waals surface area contributed by atoms with E-state index in [1.807, 2.05) is 6.92 Å². The van der Waals surface area contributed by atoms with E-state index in [4.69, 9.17) is 33.4 Å². The number of hydrogen-bond donors (Lipinski definition) is 2. The molecule has 0 aliphatic rings. The van der Waals surface area contributed by atoms with Gasteiger partial charge in [0, 0.05) is 17.9 Å². The first-order chi connectivity index (χ1) is 9.95. The zero-order valence-electron chi connectivity index (χ0n) is 11.2. The van der Waals surface area contributed by atoms with Gasteiger partial charge in [0.1, 0.15) is 6.26 Å². The maximum Gasteiger partial charge on any atom is 0.255 e. The molecule has 0 radical (unpaired) electrons. The first-order valence-electron chi connectivity index (χ1n) is 6.05. The van der Waals surface area contributed by atoms with Gasteiger partial charge in [0.05, 0.1) is 21.4 Å². The molecule has 0 saturated carbocycles. The van der Waals surface area contributed by atoms with Crippen LogP contribution < -0.4 is 11.1 Å². The summed E-state index contributed by atoms with van der Waals surface area (Å²) in [5.74, 6) is 0.343. The molecule has 0 unspecified atom stereocenters. The molecule has 5 nitrogen and oxygen atoms in total. The number of thioether (sulfide) groups is 1. The van der Waals surface area contributed by atoms with E-state index in [1.165, 1.54) is 23.9 Å². The molecule has 0 saturated heterocycles. The molecule has 0 bridgehead atoms. The highest BCUT2D eigenvalue weighted by Crippen LogP contribution is 2.33. The van der Waals surface area contributed by atoms with Crippen molar-refractivity contribution in [1.29, 1.82) is 0 Å². The van der Waals surface area contributed by atoms with Crippen molar-refractivity contribution in [2.24, 2.45) is 0 Å². The molecule has 0 fully saturated rings. The summed E-state index contributed by atoms with van der Waals surface area (Å²) in [6, 6.07) is 3.07. The molecule has 0 aliphatic heterocycles. The number of oxazole rings is 1. The summed E-state index contributed by atoms with van der Waals surface area (Å²) in [4.78, 5) is 16.0. The SMILES string of the molecule is Cc1coc(SCCC(=O)Nc2c(Cl)cc(N)cc2Cl)n1. The number of carbonyl (C=O) groups excluding carboxylic acids is 1. The lowest BCUT2D eigenvalue weighted by molar-refractivity contribution is -0.115. The molecule has 8 heteroatoms. The molecule has 1 aromatic heterocycles. The fourth-order valence-electron chi connectivity index (χ4n) is 1.54. The third-order valence-electron chi connectivity index (χ3n) is 2.48. The predicted octanol–water partition coefficient (Wildman–Crippen LogP) is 3.99. The molecule has 0 aliphatic carbocycles. The van der Waals surface area contributed by atoms with Crippen LogP contribution in [0.5, 0.6) is 0 Å². The number of halogens is 2. The van der Waals surface area contributed by atoms with Crippen LogP contribution in [0, 0.1) is 6.92 Å². The molecule has 2 aromatic rings. The van der Waals surface area contributed by atoms with Gasteiger partial charge in [0.25, 0.3) is 5.22 Å². The number of aromatic nitrogens is 1. The zero-order chi connectivity index (χ0) is 15.4. The number of amides is 1.